The molecule has 100 valence electrons. The van der Waals surface area contributed by atoms with Gasteiger partial charge in [0.05, 0.1) is 12.2 Å². The molecule has 3 atom stereocenters. The lowest BCUT2D eigenvalue weighted by molar-refractivity contribution is -0.0690. The number of nitrogens with zero attached hydrogens (tertiary/aromatic N) is 1. The molecule has 1 saturated heterocycles. The first-order valence-electron chi connectivity index (χ1n) is 6.81. The van der Waals surface area contributed by atoms with Crippen molar-refractivity contribution in [2.24, 2.45) is 5.73 Å². The smallest absolute Gasteiger partial charge is 0.0678 e. The highest BCUT2D eigenvalue weighted by atomic mass is 16.5. The normalized spacial score (nSPS) is 27.1. The summed E-state index contributed by atoms with van der Waals surface area (Å²) in [5.74, 6) is 0. The third-order valence-electron chi connectivity index (χ3n) is 3.33. The fourth-order valence-electron chi connectivity index (χ4n) is 2.75. The average molecular weight is 248 g/mol. The molecule has 0 amide bonds. The third kappa shape index (κ3) is 4.09. The monoisotopic (exact) mass is 248 g/mol. The molecule has 18 heavy (non-hydrogen) atoms. The predicted octanol–water partition coefficient (Wildman–Crippen LogP) is 1.67. The fourth-order valence-corrected chi connectivity index (χ4v) is 2.75. The van der Waals surface area contributed by atoms with Gasteiger partial charge in [-0.1, -0.05) is 30.3 Å². The van der Waals surface area contributed by atoms with E-state index < -0.39 is 0 Å². The SMILES string of the molecule is C[C@@H]1CN(CC(N)Cc2ccccc2)C[C@H](C)O1. The summed E-state index contributed by atoms with van der Waals surface area (Å²) >= 11 is 0. The second-order valence-corrected chi connectivity index (χ2v) is 5.43. The minimum atomic E-state index is 0.199. The van der Waals surface area contributed by atoms with Gasteiger partial charge in [-0.15, -0.1) is 0 Å². The van der Waals surface area contributed by atoms with Crippen LogP contribution in [0, 0.1) is 0 Å². The van der Waals surface area contributed by atoms with Crippen LogP contribution < -0.4 is 5.73 Å². The predicted molar refractivity (Wildman–Crippen MR) is 74.6 cm³/mol. The maximum Gasteiger partial charge on any atom is 0.0678 e. The van der Waals surface area contributed by atoms with E-state index in [4.69, 9.17) is 10.5 Å². The van der Waals surface area contributed by atoms with Crippen molar-refractivity contribution in [3.05, 3.63) is 35.9 Å². The maximum absolute atomic E-state index is 6.24. The molecular weight excluding hydrogens is 224 g/mol. The largest absolute Gasteiger partial charge is 0.373 e. The van der Waals surface area contributed by atoms with Crippen LogP contribution >= 0.6 is 0 Å². The van der Waals surface area contributed by atoms with Crippen LogP contribution in [-0.4, -0.2) is 42.8 Å². The third-order valence-corrected chi connectivity index (χ3v) is 3.33. The minimum Gasteiger partial charge on any atom is -0.373 e. The van der Waals surface area contributed by atoms with Crippen molar-refractivity contribution in [3.8, 4) is 0 Å². The number of nitrogens with two attached hydrogens (primary N) is 1. The summed E-state index contributed by atoms with van der Waals surface area (Å²) < 4.78 is 5.73. The molecule has 1 fully saturated rings. The molecule has 0 saturated carbocycles. The Morgan fingerprint density at radius 1 is 1.22 bits per heavy atom. The molecular formula is C15H24N2O. The number of hydrogen-bond acceptors (Lipinski definition) is 3. The van der Waals surface area contributed by atoms with Crippen LogP contribution in [0.2, 0.25) is 0 Å². The lowest BCUT2D eigenvalue weighted by atomic mass is 10.1. The van der Waals surface area contributed by atoms with Crippen LogP contribution in [0.5, 0.6) is 0 Å². The van der Waals surface area contributed by atoms with Gasteiger partial charge in [0.1, 0.15) is 0 Å². The highest BCUT2D eigenvalue weighted by molar-refractivity contribution is 5.15. The Hall–Kier alpha value is -0.900. The molecule has 0 radical (unpaired) electrons. The van der Waals surface area contributed by atoms with E-state index in [1.165, 1.54) is 5.56 Å². The number of rotatable bonds is 4. The second kappa shape index (κ2) is 6.32. The van der Waals surface area contributed by atoms with Gasteiger partial charge >= 0.3 is 0 Å². The second-order valence-electron chi connectivity index (χ2n) is 5.43. The van der Waals surface area contributed by atoms with Crippen molar-refractivity contribution < 1.29 is 4.74 Å². The van der Waals surface area contributed by atoms with Gasteiger partial charge in [-0.05, 0) is 25.8 Å². The van der Waals surface area contributed by atoms with Gasteiger partial charge in [0.2, 0.25) is 0 Å². The first kappa shape index (κ1) is 13.5. The van der Waals surface area contributed by atoms with E-state index in [2.05, 4.69) is 43.0 Å². The molecule has 2 rings (SSSR count). The van der Waals surface area contributed by atoms with Gasteiger partial charge < -0.3 is 10.5 Å². The van der Waals surface area contributed by atoms with E-state index >= 15 is 0 Å². The molecule has 1 aliphatic heterocycles. The Morgan fingerprint density at radius 2 is 1.83 bits per heavy atom. The zero-order chi connectivity index (χ0) is 13.0. The molecule has 1 aliphatic rings. The fraction of sp³-hybridized carbons (Fsp3) is 0.600. The standard InChI is InChI=1S/C15H24N2O/c1-12-9-17(10-13(2)18-12)11-15(16)8-14-6-4-3-5-7-14/h3-7,12-13,15H,8-11,16H2,1-2H3/t12-,13+,15?. The molecule has 1 heterocycles. The first-order chi connectivity index (χ1) is 8.63. The summed E-state index contributed by atoms with van der Waals surface area (Å²) in [6.07, 6.45) is 1.58. The van der Waals surface area contributed by atoms with Crippen LogP contribution in [0.1, 0.15) is 19.4 Å². The van der Waals surface area contributed by atoms with E-state index in [1.807, 2.05) is 6.07 Å². The number of morpholine rings is 1. The molecule has 0 bridgehead atoms. The molecule has 0 aliphatic carbocycles. The zero-order valence-corrected chi connectivity index (χ0v) is 11.4. The summed E-state index contributed by atoms with van der Waals surface area (Å²) in [5, 5.41) is 0. The highest BCUT2D eigenvalue weighted by Crippen LogP contribution is 2.11. The minimum absolute atomic E-state index is 0.199. The zero-order valence-electron chi connectivity index (χ0n) is 11.4. The van der Waals surface area contributed by atoms with E-state index in [1.54, 1.807) is 0 Å². The Labute approximate surface area is 110 Å². The molecule has 3 heteroatoms. The highest BCUT2D eigenvalue weighted by Gasteiger charge is 2.23. The van der Waals surface area contributed by atoms with Crippen LogP contribution in [0.25, 0.3) is 0 Å². The van der Waals surface area contributed by atoms with E-state index in [0.29, 0.717) is 12.2 Å². The van der Waals surface area contributed by atoms with Crippen LogP contribution in [0.3, 0.4) is 0 Å². The van der Waals surface area contributed by atoms with Gasteiger partial charge in [0.15, 0.2) is 0 Å². The quantitative estimate of drug-likeness (QED) is 0.881. The van der Waals surface area contributed by atoms with Gasteiger partial charge in [-0.25, -0.2) is 0 Å². The van der Waals surface area contributed by atoms with Crippen LogP contribution in [-0.2, 0) is 11.2 Å². The van der Waals surface area contributed by atoms with Gasteiger partial charge in [-0.3, -0.25) is 4.90 Å². The van der Waals surface area contributed by atoms with Crippen molar-refractivity contribution in [2.75, 3.05) is 19.6 Å². The Balaban J connectivity index is 1.82. The molecule has 1 aromatic rings. The molecule has 1 aromatic carbocycles. The van der Waals surface area contributed by atoms with Crippen molar-refractivity contribution >= 4 is 0 Å². The number of benzene rings is 1. The summed E-state index contributed by atoms with van der Waals surface area (Å²) in [7, 11) is 0. The van der Waals surface area contributed by atoms with E-state index in [-0.39, 0.29) is 6.04 Å². The van der Waals surface area contributed by atoms with Gasteiger partial charge in [-0.2, -0.15) is 0 Å². The molecule has 0 spiro atoms. The van der Waals surface area contributed by atoms with Gasteiger partial charge in [0.25, 0.3) is 0 Å². The topological polar surface area (TPSA) is 38.5 Å². The summed E-state index contributed by atoms with van der Waals surface area (Å²) in [5.41, 5.74) is 7.56. The lowest BCUT2D eigenvalue weighted by Crippen LogP contribution is -2.49. The number of ether oxygens (including phenoxy) is 1. The molecule has 1 unspecified atom stereocenters. The Kier molecular flexibility index (Phi) is 4.75. The van der Waals surface area contributed by atoms with Gasteiger partial charge in [0, 0.05) is 25.7 Å². The Morgan fingerprint density at radius 3 is 2.44 bits per heavy atom. The molecule has 2 N–H and O–H groups in total. The molecule has 3 nitrogen and oxygen atoms in total. The van der Waals surface area contributed by atoms with E-state index in [9.17, 15) is 0 Å². The summed E-state index contributed by atoms with van der Waals surface area (Å²) in [6.45, 7) is 7.20. The van der Waals surface area contributed by atoms with Crippen LogP contribution in [0.15, 0.2) is 30.3 Å². The van der Waals surface area contributed by atoms with Crippen molar-refractivity contribution in [3.63, 3.8) is 0 Å². The number of hydrogen-bond donors (Lipinski definition) is 1. The van der Waals surface area contributed by atoms with Crippen molar-refractivity contribution in [2.45, 2.75) is 38.5 Å². The lowest BCUT2D eigenvalue weighted by Gasteiger charge is -2.36. The summed E-state index contributed by atoms with van der Waals surface area (Å²) in [6, 6.07) is 10.7. The first-order valence-corrected chi connectivity index (χ1v) is 6.81. The Bertz CT molecular complexity index is 345. The van der Waals surface area contributed by atoms with E-state index in [0.717, 1.165) is 26.1 Å². The maximum atomic E-state index is 6.24. The van der Waals surface area contributed by atoms with Crippen molar-refractivity contribution in [1.82, 2.24) is 4.90 Å². The van der Waals surface area contributed by atoms with Crippen molar-refractivity contribution in [1.29, 1.82) is 0 Å². The summed E-state index contributed by atoms with van der Waals surface area (Å²) in [4.78, 5) is 2.42. The molecule has 0 aromatic heterocycles. The van der Waals surface area contributed by atoms with Crippen LogP contribution in [0.4, 0.5) is 0 Å². The average Bonchev–Trinajstić information content (AvgIpc) is 2.28.